The number of aryl methyl sites for hydroxylation is 2. The molecule has 0 saturated heterocycles. The third-order valence-corrected chi connectivity index (χ3v) is 4.99. The van der Waals surface area contributed by atoms with Crippen LogP contribution in [0, 0.1) is 19.9 Å². The van der Waals surface area contributed by atoms with Gasteiger partial charge in [0.1, 0.15) is 17.1 Å². The molecule has 0 saturated carbocycles. The minimum atomic E-state index is -1.17. The summed E-state index contributed by atoms with van der Waals surface area (Å²) in [6.45, 7) is 3.97. The third kappa shape index (κ3) is 3.83. The number of rotatable bonds is 6. The van der Waals surface area contributed by atoms with E-state index in [0.29, 0.717) is 6.42 Å². The molecule has 0 aliphatic rings. The van der Waals surface area contributed by atoms with Crippen molar-refractivity contribution in [2.24, 2.45) is 0 Å². The molecule has 1 N–H and O–H groups in total. The van der Waals surface area contributed by atoms with E-state index in [9.17, 15) is 5.11 Å². The maximum atomic E-state index is 11.9. The van der Waals surface area contributed by atoms with Crippen molar-refractivity contribution in [3.05, 3.63) is 94.5 Å². The largest absolute Gasteiger partial charge is 0.496 e. The summed E-state index contributed by atoms with van der Waals surface area (Å²) in [5.41, 5.74) is 3.50. The van der Waals surface area contributed by atoms with Crippen LogP contribution in [0.15, 0.2) is 60.7 Å². The molecule has 3 nitrogen and oxygen atoms in total. The van der Waals surface area contributed by atoms with Crippen molar-refractivity contribution < 1.29 is 14.6 Å². The Balaban J connectivity index is 2.14. The van der Waals surface area contributed by atoms with Gasteiger partial charge in [0.15, 0.2) is 0 Å². The number of hydrogen-bond donors (Lipinski definition) is 1. The average Bonchev–Trinajstić information content (AvgIpc) is 2.68. The fourth-order valence-electron chi connectivity index (χ4n) is 3.48. The van der Waals surface area contributed by atoms with Gasteiger partial charge in [-0.3, -0.25) is 0 Å². The summed E-state index contributed by atoms with van der Waals surface area (Å²) in [7, 11) is 3.31. The zero-order valence-electron chi connectivity index (χ0n) is 16.2. The monoisotopic (exact) mass is 361 g/mol. The van der Waals surface area contributed by atoms with Crippen LogP contribution in [-0.4, -0.2) is 19.3 Å². The maximum Gasteiger partial charge on any atom is 0.121 e. The summed E-state index contributed by atoms with van der Waals surface area (Å²) >= 11 is 0. The van der Waals surface area contributed by atoms with Gasteiger partial charge in [-0.25, -0.2) is 0 Å². The molecule has 3 aromatic rings. The van der Waals surface area contributed by atoms with Crippen LogP contribution >= 0.6 is 0 Å². The zero-order valence-corrected chi connectivity index (χ0v) is 16.2. The lowest BCUT2D eigenvalue weighted by atomic mass is 9.80. The quantitative estimate of drug-likeness (QED) is 0.697. The first-order chi connectivity index (χ1) is 13.0. The lowest BCUT2D eigenvalue weighted by Gasteiger charge is -2.31. The van der Waals surface area contributed by atoms with E-state index in [1.807, 2.05) is 74.5 Å². The fraction of sp³-hybridized carbons (Fsp3) is 0.250. The van der Waals surface area contributed by atoms with Gasteiger partial charge >= 0.3 is 0 Å². The van der Waals surface area contributed by atoms with Crippen molar-refractivity contribution in [3.63, 3.8) is 0 Å². The normalized spacial score (nSPS) is 11.3. The second kappa shape index (κ2) is 7.85. The Kier molecular flexibility index (Phi) is 5.52. The van der Waals surface area contributed by atoms with Crippen LogP contribution in [0.3, 0.4) is 0 Å². The molecule has 0 aliphatic carbocycles. The average molecular weight is 361 g/mol. The highest BCUT2D eigenvalue weighted by Crippen LogP contribution is 2.37. The van der Waals surface area contributed by atoms with E-state index in [-0.39, 0.29) is 0 Å². The molecule has 3 rings (SSSR count). The molecule has 0 aliphatic heterocycles. The molecule has 3 heteroatoms. The van der Waals surface area contributed by atoms with E-state index in [1.54, 1.807) is 14.2 Å². The topological polar surface area (TPSA) is 38.7 Å². The van der Waals surface area contributed by atoms with Gasteiger partial charge < -0.3 is 14.6 Å². The van der Waals surface area contributed by atoms with E-state index < -0.39 is 5.60 Å². The standard InChI is InChI=1S/C24H25O3/c1-17-14-20(10-12-22(17)26-3)24(25,16-19-8-6-5-7-9-19)21-11-13-23(27-4)18(2)15-21/h6-15,25H,16H2,1-4H3. The summed E-state index contributed by atoms with van der Waals surface area (Å²) in [6, 6.07) is 22.4. The SMILES string of the molecule is COc1ccc(C(O)(Cc2cc[c]cc2)c2ccc(OC)c(C)c2)cc1C. The Bertz CT molecular complexity index is 863. The Hall–Kier alpha value is -2.78. The third-order valence-electron chi connectivity index (χ3n) is 4.99. The van der Waals surface area contributed by atoms with Crippen molar-refractivity contribution in [2.45, 2.75) is 25.9 Å². The van der Waals surface area contributed by atoms with Crippen LogP contribution in [0.2, 0.25) is 0 Å². The minimum absolute atomic E-state index is 0.458. The van der Waals surface area contributed by atoms with E-state index in [0.717, 1.165) is 39.3 Å². The van der Waals surface area contributed by atoms with Gasteiger partial charge in [0.25, 0.3) is 0 Å². The lowest BCUT2D eigenvalue weighted by molar-refractivity contribution is 0.0809. The molecule has 3 aromatic carbocycles. The van der Waals surface area contributed by atoms with Gasteiger partial charge in [-0.2, -0.15) is 0 Å². The Labute approximate surface area is 161 Å². The van der Waals surface area contributed by atoms with E-state index >= 15 is 0 Å². The summed E-state index contributed by atoms with van der Waals surface area (Å²) in [5.74, 6) is 1.61. The molecule has 0 aromatic heterocycles. The van der Waals surface area contributed by atoms with Crippen LogP contribution in [0.25, 0.3) is 0 Å². The summed E-state index contributed by atoms with van der Waals surface area (Å²) in [6.07, 6.45) is 0.458. The Morgan fingerprint density at radius 2 is 1.30 bits per heavy atom. The van der Waals surface area contributed by atoms with Gasteiger partial charge in [-0.1, -0.05) is 36.4 Å². The minimum Gasteiger partial charge on any atom is -0.496 e. The predicted molar refractivity (Wildman–Crippen MR) is 107 cm³/mol. The van der Waals surface area contributed by atoms with Gasteiger partial charge in [0.2, 0.25) is 0 Å². The molecule has 0 spiro atoms. The van der Waals surface area contributed by atoms with Gasteiger partial charge in [0.05, 0.1) is 14.2 Å². The van der Waals surface area contributed by atoms with Crippen LogP contribution in [0.5, 0.6) is 11.5 Å². The van der Waals surface area contributed by atoms with Crippen molar-refractivity contribution in [3.8, 4) is 11.5 Å². The highest BCUT2D eigenvalue weighted by Gasteiger charge is 2.33. The number of benzene rings is 3. The maximum absolute atomic E-state index is 11.9. The van der Waals surface area contributed by atoms with Gasteiger partial charge in [-0.05, 0) is 72.0 Å². The van der Waals surface area contributed by atoms with Crippen molar-refractivity contribution in [1.29, 1.82) is 0 Å². The highest BCUT2D eigenvalue weighted by atomic mass is 16.5. The molecule has 0 bridgehead atoms. The Morgan fingerprint density at radius 1 is 0.815 bits per heavy atom. The van der Waals surface area contributed by atoms with Crippen LogP contribution in [0.1, 0.15) is 27.8 Å². The number of ether oxygens (including phenoxy) is 2. The molecule has 0 amide bonds. The molecule has 0 unspecified atom stereocenters. The molecule has 1 radical (unpaired) electrons. The summed E-state index contributed by atoms with van der Waals surface area (Å²) < 4.78 is 10.8. The van der Waals surface area contributed by atoms with E-state index in [4.69, 9.17) is 9.47 Å². The smallest absolute Gasteiger partial charge is 0.121 e. The first-order valence-electron chi connectivity index (χ1n) is 8.95. The molecular formula is C24H25O3. The first kappa shape index (κ1) is 19.0. The van der Waals surface area contributed by atoms with Crippen LogP contribution in [-0.2, 0) is 12.0 Å². The Morgan fingerprint density at radius 3 is 1.70 bits per heavy atom. The molecule has 0 atom stereocenters. The highest BCUT2D eigenvalue weighted by molar-refractivity contribution is 5.47. The van der Waals surface area contributed by atoms with E-state index in [1.165, 1.54) is 0 Å². The predicted octanol–water partition coefficient (Wildman–Crippen LogP) is 4.60. The van der Waals surface area contributed by atoms with Gasteiger partial charge in [0, 0.05) is 6.42 Å². The van der Waals surface area contributed by atoms with E-state index in [2.05, 4.69) is 6.07 Å². The molecule has 139 valence electrons. The number of methoxy groups -OCH3 is 2. The second-order valence-corrected chi connectivity index (χ2v) is 6.81. The number of aliphatic hydroxyl groups is 1. The first-order valence-corrected chi connectivity index (χ1v) is 8.95. The lowest BCUT2D eigenvalue weighted by Crippen LogP contribution is -2.30. The zero-order chi connectivity index (χ0) is 19.4. The molecule has 27 heavy (non-hydrogen) atoms. The van der Waals surface area contributed by atoms with Crippen molar-refractivity contribution >= 4 is 0 Å². The fourth-order valence-corrected chi connectivity index (χ4v) is 3.48. The molecule has 0 heterocycles. The molecular weight excluding hydrogens is 336 g/mol. The number of hydrogen-bond acceptors (Lipinski definition) is 3. The van der Waals surface area contributed by atoms with Crippen LogP contribution < -0.4 is 9.47 Å². The van der Waals surface area contributed by atoms with Crippen molar-refractivity contribution in [1.82, 2.24) is 0 Å². The van der Waals surface area contributed by atoms with Gasteiger partial charge in [-0.15, -0.1) is 0 Å². The summed E-state index contributed by atoms with van der Waals surface area (Å²) in [5, 5.41) is 11.9. The second-order valence-electron chi connectivity index (χ2n) is 6.81. The summed E-state index contributed by atoms with van der Waals surface area (Å²) in [4.78, 5) is 0. The van der Waals surface area contributed by atoms with Crippen LogP contribution in [0.4, 0.5) is 0 Å². The van der Waals surface area contributed by atoms with Crippen molar-refractivity contribution in [2.75, 3.05) is 14.2 Å². The molecule has 0 fully saturated rings.